The van der Waals surface area contributed by atoms with Crippen LogP contribution in [0.3, 0.4) is 0 Å². The molecule has 0 heterocycles. The van der Waals surface area contributed by atoms with E-state index in [1.165, 1.54) is 22.3 Å². The minimum Gasteiger partial charge on any atom is -0.481 e. The fourth-order valence-electron chi connectivity index (χ4n) is 3.96. The highest BCUT2D eigenvalue weighted by molar-refractivity contribution is 5.79. The van der Waals surface area contributed by atoms with Crippen LogP contribution in [0.25, 0.3) is 11.1 Å². The lowest BCUT2D eigenvalue weighted by Gasteiger charge is -2.14. The van der Waals surface area contributed by atoms with Gasteiger partial charge in [0.05, 0.1) is 46.2 Å². The van der Waals surface area contributed by atoms with Gasteiger partial charge in [-0.05, 0) is 28.7 Å². The number of carboxylic acid groups (broad SMARTS) is 1. The number of aliphatic carboxylic acids is 1. The van der Waals surface area contributed by atoms with Crippen LogP contribution in [0.4, 0.5) is 4.79 Å². The molecule has 0 saturated carbocycles. The summed E-state index contributed by atoms with van der Waals surface area (Å²) in [6.45, 7) is 4.03. The number of rotatable bonds is 18. The maximum Gasteiger partial charge on any atom is 0.407 e. The zero-order valence-electron chi connectivity index (χ0n) is 20.5. The van der Waals surface area contributed by atoms with Crippen molar-refractivity contribution in [2.45, 2.75) is 18.8 Å². The third kappa shape index (κ3) is 9.23. The van der Waals surface area contributed by atoms with Crippen molar-refractivity contribution in [2.24, 2.45) is 0 Å². The fourth-order valence-corrected chi connectivity index (χ4v) is 3.96. The molecule has 196 valence electrons. The zero-order valence-corrected chi connectivity index (χ0v) is 20.5. The van der Waals surface area contributed by atoms with Gasteiger partial charge in [0, 0.05) is 25.5 Å². The van der Waals surface area contributed by atoms with E-state index in [4.69, 9.17) is 28.8 Å². The number of nitrogens with one attached hydrogen (secondary N) is 1. The predicted octanol–water partition coefficient (Wildman–Crippen LogP) is 3.46. The summed E-state index contributed by atoms with van der Waals surface area (Å²) in [5.41, 5.74) is 4.76. The maximum atomic E-state index is 12.1. The van der Waals surface area contributed by atoms with Crippen LogP contribution < -0.4 is 5.32 Å². The molecular formula is C27H35NO8. The van der Waals surface area contributed by atoms with Gasteiger partial charge in [-0.1, -0.05) is 48.5 Å². The molecule has 0 fully saturated rings. The first kappa shape index (κ1) is 27.6. The number of fused-ring (bicyclic) bond motifs is 3. The molecule has 2 aromatic carbocycles. The molecule has 2 N–H and O–H groups in total. The molecule has 0 bridgehead atoms. The molecule has 1 amide bonds. The Kier molecular flexibility index (Phi) is 12.2. The Labute approximate surface area is 211 Å². The first-order valence-electron chi connectivity index (χ1n) is 12.3. The standard InChI is InChI=1S/C27H35NO8/c29-26(30)10-5-12-32-14-16-34-18-19-35-17-15-33-13-11-28-27(31)36-20-25-23-8-3-1-6-21(23)22-7-2-4-9-24(22)25/h1-4,6-9,25H,5,10-20H2,(H,28,31)(H,29,30). The number of alkyl carbamates (subject to hydrolysis) is 1. The molecule has 9 heteroatoms. The summed E-state index contributed by atoms with van der Waals surface area (Å²) in [7, 11) is 0. The summed E-state index contributed by atoms with van der Waals surface area (Å²) >= 11 is 0. The van der Waals surface area contributed by atoms with Crippen molar-refractivity contribution in [3.63, 3.8) is 0 Å². The average Bonchev–Trinajstić information content (AvgIpc) is 3.20. The van der Waals surface area contributed by atoms with Gasteiger partial charge in [0.2, 0.25) is 0 Å². The second kappa shape index (κ2) is 15.9. The molecule has 1 aliphatic rings. The summed E-state index contributed by atoms with van der Waals surface area (Å²) in [6.07, 6.45) is 0.154. The summed E-state index contributed by atoms with van der Waals surface area (Å²) in [5, 5.41) is 11.2. The molecule has 0 unspecified atom stereocenters. The van der Waals surface area contributed by atoms with Gasteiger partial charge >= 0.3 is 12.1 Å². The summed E-state index contributed by atoms with van der Waals surface area (Å²) < 4.78 is 27.0. The molecule has 9 nitrogen and oxygen atoms in total. The number of amides is 1. The highest BCUT2D eigenvalue weighted by Gasteiger charge is 2.28. The van der Waals surface area contributed by atoms with Crippen LogP contribution in [-0.2, 0) is 28.5 Å². The largest absolute Gasteiger partial charge is 0.481 e. The zero-order chi connectivity index (χ0) is 25.4. The van der Waals surface area contributed by atoms with E-state index in [1.54, 1.807) is 0 Å². The lowest BCUT2D eigenvalue weighted by Crippen LogP contribution is -2.29. The van der Waals surface area contributed by atoms with E-state index in [-0.39, 0.29) is 18.9 Å². The highest BCUT2D eigenvalue weighted by Crippen LogP contribution is 2.44. The van der Waals surface area contributed by atoms with Crippen molar-refractivity contribution in [3.05, 3.63) is 59.7 Å². The molecule has 3 rings (SSSR count). The third-order valence-electron chi connectivity index (χ3n) is 5.65. The normalized spacial score (nSPS) is 12.2. The van der Waals surface area contributed by atoms with Crippen molar-refractivity contribution >= 4 is 12.1 Å². The van der Waals surface area contributed by atoms with Gasteiger partial charge in [-0.2, -0.15) is 0 Å². The fraction of sp³-hybridized carbons (Fsp3) is 0.481. The van der Waals surface area contributed by atoms with Crippen LogP contribution >= 0.6 is 0 Å². The van der Waals surface area contributed by atoms with E-state index in [2.05, 4.69) is 29.6 Å². The van der Waals surface area contributed by atoms with E-state index in [9.17, 15) is 9.59 Å². The molecule has 0 aliphatic heterocycles. The number of hydrogen-bond acceptors (Lipinski definition) is 7. The molecule has 36 heavy (non-hydrogen) atoms. The van der Waals surface area contributed by atoms with Gasteiger partial charge in [-0.15, -0.1) is 0 Å². The Bertz CT molecular complexity index is 905. The summed E-state index contributed by atoms with van der Waals surface area (Å²) in [6, 6.07) is 16.5. The third-order valence-corrected chi connectivity index (χ3v) is 5.65. The van der Waals surface area contributed by atoms with Gasteiger partial charge in [0.1, 0.15) is 6.61 Å². The molecule has 0 spiro atoms. The van der Waals surface area contributed by atoms with E-state index in [0.29, 0.717) is 65.8 Å². The van der Waals surface area contributed by atoms with Crippen LogP contribution in [0.2, 0.25) is 0 Å². The van der Waals surface area contributed by atoms with Crippen LogP contribution in [0, 0.1) is 0 Å². The molecular weight excluding hydrogens is 466 g/mol. The average molecular weight is 502 g/mol. The second-order valence-electron chi connectivity index (χ2n) is 8.20. The molecule has 0 aromatic heterocycles. The summed E-state index contributed by atoms with van der Waals surface area (Å²) in [4.78, 5) is 22.5. The maximum absolute atomic E-state index is 12.1. The van der Waals surface area contributed by atoms with Gasteiger partial charge in [0.15, 0.2) is 0 Å². The molecule has 0 radical (unpaired) electrons. The summed E-state index contributed by atoms with van der Waals surface area (Å²) in [5.74, 6) is -0.778. The van der Waals surface area contributed by atoms with Gasteiger partial charge < -0.3 is 34.1 Å². The van der Waals surface area contributed by atoms with Crippen molar-refractivity contribution in [2.75, 3.05) is 66.0 Å². The predicted molar refractivity (Wildman–Crippen MR) is 133 cm³/mol. The Morgan fingerprint density at radius 3 is 1.78 bits per heavy atom. The van der Waals surface area contributed by atoms with Crippen molar-refractivity contribution in [3.8, 4) is 11.1 Å². The Morgan fingerprint density at radius 1 is 0.722 bits per heavy atom. The Hall–Kier alpha value is -2.98. The number of carboxylic acids is 1. The van der Waals surface area contributed by atoms with Crippen molar-refractivity contribution in [1.29, 1.82) is 0 Å². The van der Waals surface area contributed by atoms with Gasteiger partial charge in [-0.25, -0.2) is 4.79 Å². The topological polar surface area (TPSA) is 113 Å². The van der Waals surface area contributed by atoms with E-state index in [1.807, 2.05) is 24.3 Å². The number of ether oxygens (including phenoxy) is 5. The number of carbonyl (C=O) groups is 2. The van der Waals surface area contributed by atoms with Gasteiger partial charge in [-0.3, -0.25) is 4.79 Å². The van der Waals surface area contributed by atoms with Crippen LogP contribution in [-0.4, -0.2) is 83.2 Å². The van der Waals surface area contributed by atoms with E-state index >= 15 is 0 Å². The van der Waals surface area contributed by atoms with E-state index < -0.39 is 12.1 Å². The van der Waals surface area contributed by atoms with Gasteiger partial charge in [0.25, 0.3) is 0 Å². The lowest BCUT2D eigenvalue weighted by atomic mass is 9.98. The minimum atomic E-state index is -0.817. The Morgan fingerprint density at radius 2 is 1.22 bits per heavy atom. The smallest absolute Gasteiger partial charge is 0.407 e. The molecule has 2 aromatic rings. The molecule has 0 saturated heterocycles. The first-order chi connectivity index (χ1) is 17.7. The quantitative estimate of drug-likeness (QED) is 0.299. The van der Waals surface area contributed by atoms with Crippen LogP contribution in [0.15, 0.2) is 48.5 Å². The number of carbonyl (C=O) groups excluding carboxylic acids is 1. The van der Waals surface area contributed by atoms with Crippen molar-refractivity contribution < 1.29 is 38.4 Å². The molecule has 1 aliphatic carbocycles. The van der Waals surface area contributed by atoms with Crippen LogP contribution in [0.5, 0.6) is 0 Å². The second-order valence-corrected chi connectivity index (χ2v) is 8.20. The van der Waals surface area contributed by atoms with Crippen LogP contribution in [0.1, 0.15) is 29.9 Å². The van der Waals surface area contributed by atoms with E-state index in [0.717, 1.165) is 0 Å². The lowest BCUT2D eigenvalue weighted by molar-refractivity contribution is -0.137. The monoisotopic (exact) mass is 501 g/mol. The first-order valence-corrected chi connectivity index (χ1v) is 12.3. The molecule has 0 atom stereocenters. The Balaban J connectivity index is 1.14. The number of hydrogen-bond donors (Lipinski definition) is 2. The SMILES string of the molecule is O=C(O)CCCOCCOCCOCCOCCNC(=O)OCC1c2ccccc2-c2ccccc21. The number of benzene rings is 2. The highest BCUT2D eigenvalue weighted by atomic mass is 16.6. The van der Waals surface area contributed by atoms with Crippen molar-refractivity contribution in [1.82, 2.24) is 5.32 Å². The minimum absolute atomic E-state index is 0.0388.